The molecule has 0 saturated heterocycles. The van der Waals surface area contributed by atoms with E-state index in [-0.39, 0.29) is 17.6 Å². The molecule has 1 atom stereocenters. The summed E-state index contributed by atoms with van der Waals surface area (Å²) in [6.07, 6.45) is 4.22. The normalized spacial score (nSPS) is 15.2. The van der Waals surface area contributed by atoms with Crippen LogP contribution in [0.1, 0.15) is 22.6 Å². The molecule has 1 aliphatic rings. The van der Waals surface area contributed by atoms with Gasteiger partial charge in [-0.3, -0.25) is 9.78 Å². The number of amides is 1. The number of nitrogens with zero attached hydrogens (tertiary/aromatic N) is 1. The van der Waals surface area contributed by atoms with E-state index in [0.29, 0.717) is 13.0 Å². The minimum atomic E-state index is -0.293. The summed E-state index contributed by atoms with van der Waals surface area (Å²) in [6, 6.07) is 16.5. The van der Waals surface area contributed by atoms with Crippen molar-refractivity contribution in [3.8, 4) is 11.1 Å². The zero-order chi connectivity index (χ0) is 17.2. The van der Waals surface area contributed by atoms with Crippen LogP contribution in [0.3, 0.4) is 0 Å². The van der Waals surface area contributed by atoms with Gasteiger partial charge in [-0.15, -0.1) is 0 Å². The summed E-state index contributed by atoms with van der Waals surface area (Å²) >= 11 is 0. The van der Waals surface area contributed by atoms with E-state index < -0.39 is 0 Å². The zero-order valence-corrected chi connectivity index (χ0v) is 13.6. The molecule has 2 aromatic carbocycles. The summed E-state index contributed by atoms with van der Waals surface area (Å²) in [4.78, 5) is 16.6. The molecule has 0 radical (unpaired) electrons. The van der Waals surface area contributed by atoms with Crippen LogP contribution in [0.4, 0.5) is 4.39 Å². The standard InChI is InChI=1S/C21H17FN2O/c22-17-8-7-14-10-20(19(14)11-17)21(25)24-13-16-4-1-2-6-18(16)15-5-3-9-23-12-15/h1-9,11-12,20H,10,13H2,(H,24,25). The number of fused-ring (bicyclic) bond motifs is 1. The lowest BCUT2D eigenvalue weighted by Gasteiger charge is -2.29. The largest absolute Gasteiger partial charge is 0.351 e. The Balaban J connectivity index is 1.49. The fourth-order valence-corrected chi connectivity index (χ4v) is 3.29. The summed E-state index contributed by atoms with van der Waals surface area (Å²) in [5, 5.41) is 2.99. The molecule has 1 N–H and O–H groups in total. The van der Waals surface area contributed by atoms with Crippen molar-refractivity contribution in [2.24, 2.45) is 0 Å². The number of hydrogen-bond donors (Lipinski definition) is 1. The Hall–Kier alpha value is -3.01. The first-order chi connectivity index (χ1) is 12.2. The molecule has 4 heteroatoms. The predicted octanol–water partition coefficient (Wildman–Crippen LogP) is 3.84. The van der Waals surface area contributed by atoms with Crippen LogP contribution in [-0.4, -0.2) is 10.9 Å². The Morgan fingerprint density at radius 3 is 2.88 bits per heavy atom. The van der Waals surface area contributed by atoms with Gasteiger partial charge in [0.05, 0.1) is 5.92 Å². The maximum atomic E-state index is 13.4. The van der Waals surface area contributed by atoms with Crippen molar-refractivity contribution in [1.82, 2.24) is 10.3 Å². The van der Waals surface area contributed by atoms with Crippen LogP contribution >= 0.6 is 0 Å². The average Bonchev–Trinajstić information content (AvgIpc) is 2.64. The van der Waals surface area contributed by atoms with Crippen LogP contribution in [0.2, 0.25) is 0 Å². The van der Waals surface area contributed by atoms with Gasteiger partial charge >= 0.3 is 0 Å². The smallest absolute Gasteiger partial charge is 0.228 e. The third-order valence-corrected chi connectivity index (χ3v) is 4.67. The first-order valence-electron chi connectivity index (χ1n) is 8.27. The molecular weight excluding hydrogens is 315 g/mol. The number of nitrogens with one attached hydrogen (secondary N) is 1. The minimum absolute atomic E-state index is 0.0564. The van der Waals surface area contributed by atoms with Crippen molar-refractivity contribution in [3.63, 3.8) is 0 Å². The average molecular weight is 332 g/mol. The summed E-state index contributed by atoms with van der Waals surface area (Å²) < 4.78 is 13.4. The van der Waals surface area contributed by atoms with E-state index in [1.807, 2.05) is 42.6 Å². The maximum Gasteiger partial charge on any atom is 0.228 e. The second-order valence-electron chi connectivity index (χ2n) is 6.22. The third-order valence-electron chi connectivity index (χ3n) is 4.67. The lowest BCUT2D eigenvalue weighted by Crippen LogP contribution is -2.35. The number of rotatable bonds is 4. The number of halogens is 1. The van der Waals surface area contributed by atoms with Gasteiger partial charge < -0.3 is 5.32 Å². The van der Waals surface area contributed by atoms with Crippen LogP contribution in [-0.2, 0) is 17.8 Å². The zero-order valence-electron chi connectivity index (χ0n) is 13.6. The Morgan fingerprint density at radius 2 is 2.04 bits per heavy atom. The highest BCUT2D eigenvalue weighted by atomic mass is 19.1. The van der Waals surface area contributed by atoms with Gasteiger partial charge in [-0.2, -0.15) is 0 Å². The Labute approximate surface area is 145 Å². The minimum Gasteiger partial charge on any atom is -0.351 e. The van der Waals surface area contributed by atoms with Crippen LogP contribution < -0.4 is 5.32 Å². The molecule has 0 aliphatic heterocycles. The molecule has 25 heavy (non-hydrogen) atoms. The summed E-state index contributed by atoms with van der Waals surface area (Å²) in [7, 11) is 0. The van der Waals surface area contributed by atoms with Gasteiger partial charge in [0.15, 0.2) is 0 Å². The van der Waals surface area contributed by atoms with Gasteiger partial charge in [-0.25, -0.2) is 4.39 Å². The van der Waals surface area contributed by atoms with E-state index in [2.05, 4.69) is 10.3 Å². The quantitative estimate of drug-likeness (QED) is 0.789. The third kappa shape index (κ3) is 3.03. The molecule has 3 aromatic rings. The molecule has 124 valence electrons. The van der Waals surface area contributed by atoms with Crippen LogP contribution in [0, 0.1) is 5.82 Å². The summed E-state index contributed by atoms with van der Waals surface area (Å²) in [5.41, 5.74) is 4.96. The van der Waals surface area contributed by atoms with Gasteiger partial charge in [0.2, 0.25) is 5.91 Å². The highest BCUT2D eigenvalue weighted by Gasteiger charge is 2.32. The number of carbonyl (C=O) groups is 1. The second kappa shape index (κ2) is 6.48. The molecule has 0 spiro atoms. The second-order valence-corrected chi connectivity index (χ2v) is 6.22. The molecule has 1 aliphatic carbocycles. The predicted molar refractivity (Wildman–Crippen MR) is 94.4 cm³/mol. The number of aromatic nitrogens is 1. The summed E-state index contributed by atoms with van der Waals surface area (Å²) in [6.45, 7) is 0.436. The van der Waals surface area contributed by atoms with Crippen molar-refractivity contribution < 1.29 is 9.18 Å². The molecular formula is C21H17FN2O. The molecule has 1 amide bonds. The van der Waals surface area contributed by atoms with Crippen LogP contribution in [0.15, 0.2) is 67.0 Å². The molecule has 1 heterocycles. The van der Waals surface area contributed by atoms with Gasteiger partial charge in [-0.05, 0) is 46.9 Å². The lowest BCUT2D eigenvalue weighted by molar-refractivity contribution is -0.123. The Kier molecular flexibility index (Phi) is 4.02. The molecule has 0 saturated carbocycles. The van der Waals surface area contributed by atoms with Gasteiger partial charge in [0.1, 0.15) is 5.82 Å². The van der Waals surface area contributed by atoms with Crippen molar-refractivity contribution in [1.29, 1.82) is 0 Å². The molecule has 1 aromatic heterocycles. The van der Waals surface area contributed by atoms with E-state index in [1.165, 1.54) is 12.1 Å². The van der Waals surface area contributed by atoms with E-state index >= 15 is 0 Å². The topological polar surface area (TPSA) is 42.0 Å². The highest BCUT2D eigenvalue weighted by Crippen LogP contribution is 2.35. The molecule has 0 fully saturated rings. The van der Waals surface area contributed by atoms with Gasteiger partial charge in [0, 0.05) is 24.5 Å². The van der Waals surface area contributed by atoms with Crippen molar-refractivity contribution in [2.75, 3.05) is 0 Å². The molecule has 4 rings (SSSR count). The Morgan fingerprint density at radius 1 is 1.16 bits per heavy atom. The van der Waals surface area contributed by atoms with E-state index in [0.717, 1.165) is 27.8 Å². The van der Waals surface area contributed by atoms with Crippen molar-refractivity contribution >= 4 is 5.91 Å². The van der Waals surface area contributed by atoms with Gasteiger partial charge in [-0.1, -0.05) is 36.4 Å². The fraction of sp³-hybridized carbons (Fsp3) is 0.143. The number of pyridine rings is 1. The monoisotopic (exact) mass is 332 g/mol. The van der Waals surface area contributed by atoms with E-state index in [4.69, 9.17) is 0 Å². The van der Waals surface area contributed by atoms with Crippen LogP contribution in [0.25, 0.3) is 11.1 Å². The fourth-order valence-electron chi connectivity index (χ4n) is 3.29. The molecule has 3 nitrogen and oxygen atoms in total. The first kappa shape index (κ1) is 15.5. The number of carbonyl (C=O) groups excluding carboxylic acids is 1. The van der Waals surface area contributed by atoms with Gasteiger partial charge in [0.25, 0.3) is 0 Å². The first-order valence-corrected chi connectivity index (χ1v) is 8.27. The highest BCUT2D eigenvalue weighted by molar-refractivity contribution is 5.87. The number of hydrogen-bond acceptors (Lipinski definition) is 2. The number of benzene rings is 2. The molecule has 1 unspecified atom stereocenters. The SMILES string of the molecule is O=C(NCc1ccccc1-c1cccnc1)C1Cc2ccc(F)cc21. The van der Waals surface area contributed by atoms with Crippen LogP contribution in [0.5, 0.6) is 0 Å². The summed E-state index contributed by atoms with van der Waals surface area (Å²) in [5.74, 6) is -0.603. The molecule has 0 bridgehead atoms. The van der Waals surface area contributed by atoms with Crippen molar-refractivity contribution in [2.45, 2.75) is 18.9 Å². The van der Waals surface area contributed by atoms with Crippen molar-refractivity contribution in [3.05, 3.63) is 89.5 Å². The van der Waals surface area contributed by atoms with E-state index in [9.17, 15) is 9.18 Å². The maximum absolute atomic E-state index is 13.4. The lowest BCUT2D eigenvalue weighted by atomic mass is 9.77. The van der Waals surface area contributed by atoms with E-state index in [1.54, 1.807) is 12.3 Å². The Bertz CT molecular complexity index is 924.